The van der Waals surface area contributed by atoms with Crippen molar-refractivity contribution in [3.63, 3.8) is 0 Å². The second kappa shape index (κ2) is 6.77. The van der Waals surface area contributed by atoms with Crippen molar-refractivity contribution in [2.24, 2.45) is 0 Å². The average molecular weight is 351 g/mol. The number of halogens is 3. The monoisotopic (exact) mass is 350 g/mol. The highest BCUT2D eigenvalue weighted by atomic mass is 35.5. The summed E-state index contributed by atoms with van der Waals surface area (Å²) < 4.78 is 26.3. The molecule has 6 heteroatoms. The van der Waals surface area contributed by atoms with Crippen LogP contribution in [0.4, 0.5) is 14.5 Å². The molecule has 2 aromatic carbocycles. The van der Waals surface area contributed by atoms with Gasteiger partial charge in [0, 0.05) is 42.5 Å². The molecule has 2 aromatic rings. The smallest absolute Gasteiger partial charge is 0.254 e. The van der Waals surface area contributed by atoms with Crippen molar-refractivity contribution in [1.82, 2.24) is 4.90 Å². The van der Waals surface area contributed by atoms with Crippen molar-refractivity contribution in [2.45, 2.75) is 6.92 Å². The van der Waals surface area contributed by atoms with Gasteiger partial charge in [0.15, 0.2) is 11.6 Å². The molecule has 24 heavy (non-hydrogen) atoms. The van der Waals surface area contributed by atoms with Crippen LogP contribution in [0.1, 0.15) is 15.9 Å². The van der Waals surface area contributed by atoms with Gasteiger partial charge >= 0.3 is 0 Å². The topological polar surface area (TPSA) is 23.6 Å². The van der Waals surface area contributed by atoms with Gasteiger partial charge in [-0.2, -0.15) is 0 Å². The molecule has 3 nitrogen and oxygen atoms in total. The van der Waals surface area contributed by atoms with E-state index >= 15 is 0 Å². The van der Waals surface area contributed by atoms with Gasteiger partial charge in [0.2, 0.25) is 0 Å². The molecule has 0 aliphatic carbocycles. The summed E-state index contributed by atoms with van der Waals surface area (Å²) in [4.78, 5) is 16.3. The number of amides is 1. The van der Waals surface area contributed by atoms with Crippen molar-refractivity contribution >= 4 is 23.2 Å². The van der Waals surface area contributed by atoms with E-state index in [9.17, 15) is 13.6 Å². The molecule has 3 rings (SSSR count). The highest BCUT2D eigenvalue weighted by molar-refractivity contribution is 6.31. The first-order valence-electron chi connectivity index (χ1n) is 7.72. The third-order valence-corrected chi connectivity index (χ3v) is 4.72. The van der Waals surface area contributed by atoms with E-state index in [1.807, 2.05) is 25.1 Å². The summed E-state index contributed by atoms with van der Waals surface area (Å²) in [6, 6.07) is 9.01. The molecular formula is C18H17ClF2N2O. The van der Waals surface area contributed by atoms with Crippen molar-refractivity contribution in [2.75, 3.05) is 31.1 Å². The maximum atomic E-state index is 13.3. The van der Waals surface area contributed by atoms with Crippen LogP contribution in [0.2, 0.25) is 5.02 Å². The standard InChI is InChI=1S/C18H17ClF2N2O/c1-12-14(19)3-2-4-17(12)22-7-9-23(10-8-22)18(24)13-5-6-15(20)16(21)11-13/h2-6,11H,7-10H2,1H3. The van der Waals surface area contributed by atoms with Crippen molar-refractivity contribution in [3.8, 4) is 0 Å². The number of carbonyl (C=O) groups excluding carboxylic acids is 1. The lowest BCUT2D eigenvalue weighted by atomic mass is 10.1. The van der Waals surface area contributed by atoms with Gasteiger partial charge in [-0.1, -0.05) is 17.7 Å². The van der Waals surface area contributed by atoms with E-state index < -0.39 is 11.6 Å². The molecule has 0 bridgehead atoms. The van der Waals surface area contributed by atoms with E-state index in [0.29, 0.717) is 31.2 Å². The Bertz CT molecular complexity index is 774. The van der Waals surface area contributed by atoms with E-state index in [1.54, 1.807) is 4.90 Å². The molecule has 0 N–H and O–H groups in total. The highest BCUT2D eigenvalue weighted by Gasteiger charge is 2.24. The van der Waals surface area contributed by atoms with E-state index in [4.69, 9.17) is 11.6 Å². The number of hydrogen-bond acceptors (Lipinski definition) is 2. The lowest BCUT2D eigenvalue weighted by Gasteiger charge is -2.37. The number of nitrogens with zero attached hydrogens (tertiary/aromatic N) is 2. The lowest BCUT2D eigenvalue weighted by Crippen LogP contribution is -2.49. The number of benzene rings is 2. The summed E-state index contributed by atoms with van der Waals surface area (Å²) in [5.74, 6) is -2.24. The first-order valence-corrected chi connectivity index (χ1v) is 8.09. The average Bonchev–Trinajstić information content (AvgIpc) is 2.59. The van der Waals surface area contributed by atoms with Gasteiger partial charge in [-0.25, -0.2) is 8.78 Å². The summed E-state index contributed by atoms with van der Waals surface area (Å²) in [5.41, 5.74) is 2.24. The Hall–Kier alpha value is -2.14. The van der Waals surface area contributed by atoms with Crippen LogP contribution in [0.15, 0.2) is 36.4 Å². The van der Waals surface area contributed by atoms with Crippen LogP contribution in [0, 0.1) is 18.6 Å². The predicted molar refractivity (Wildman–Crippen MR) is 90.7 cm³/mol. The lowest BCUT2D eigenvalue weighted by molar-refractivity contribution is 0.0746. The van der Waals surface area contributed by atoms with E-state index in [-0.39, 0.29) is 11.5 Å². The minimum Gasteiger partial charge on any atom is -0.368 e. The number of hydrogen-bond donors (Lipinski definition) is 0. The molecule has 0 atom stereocenters. The molecule has 0 aromatic heterocycles. The van der Waals surface area contributed by atoms with Crippen molar-refractivity contribution in [3.05, 3.63) is 64.2 Å². The van der Waals surface area contributed by atoms with Gasteiger partial charge < -0.3 is 9.80 Å². The number of piperazine rings is 1. The number of anilines is 1. The molecule has 0 unspecified atom stereocenters. The predicted octanol–water partition coefficient (Wildman–Crippen LogP) is 3.89. The Morgan fingerprint density at radius 1 is 1.04 bits per heavy atom. The summed E-state index contributed by atoms with van der Waals surface area (Å²) in [6.07, 6.45) is 0. The maximum Gasteiger partial charge on any atom is 0.254 e. The molecule has 1 fully saturated rings. The summed E-state index contributed by atoms with van der Waals surface area (Å²) in [7, 11) is 0. The van der Waals surface area contributed by atoms with Crippen LogP contribution in [-0.4, -0.2) is 37.0 Å². The van der Waals surface area contributed by atoms with E-state index in [0.717, 1.165) is 23.4 Å². The normalized spacial score (nSPS) is 14.8. The Labute approximate surface area is 144 Å². The van der Waals surface area contributed by atoms with Crippen LogP contribution in [-0.2, 0) is 0 Å². The molecule has 1 aliphatic rings. The Morgan fingerprint density at radius 2 is 1.75 bits per heavy atom. The molecule has 0 saturated carbocycles. The third-order valence-electron chi connectivity index (χ3n) is 4.31. The Kier molecular flexibility index (Phi) is 4.71. The summed E-state index contributed by atoms with van der Waals surface area (Å²) in [5, 5.41) is 0.716. The molecule has 1 amide bonds. The Balaban J connectivity index is 1.69. The van der Waals surface area contributed by atoms with Gasteiger partial charge in [0.25, 0.3) is 5.91 Å². The van der Waals surface area contributed by atoms with Crippen LogP contribution in [0.5, 0.6) is 0 Å². The minimum absolute atomic E-state index is 0.168. The first kappa shape index (κ1) is 16.7. The third kappa shape index (κ3) is 3.22. The van der Waals surface area contributed by atoms with Crippen LogP contribution in [0.3, 0.4) is 0 Å². The summed E-state index contributed by atoms with van der Waals surface area (Å²) in [6.45, 7) is 4.33. The number of rotatable bonds is 2. The second-order valence-corrected chi connectivity index (χ2v) is 6.20. The van der Waals surface area contributed by atoms with Crippen LogP contribution in [0.25, 0.3) is 0 Å². The molecular weight excluding hydrogens is 334 g/mol. The van der Waals surface area contributed by atoms with Crippen molar-refractivity contribution in [1.29, 1.82) is 0 Å². The second-order valence-electron chi connectivity index (χ2n) is 5.79. The zero-order chi connectivity index (χ0) is 17.3. The summed E-state index contributed by atoms with van der Waals surface area (Å²) >= 11 is 6.16. The molecule has 1 aliphatic heterocycles. The quantitative estimate of drug-likeness (QED) is 0.820. The molecule has 0 radical (unpaired) electrons. The van der Waals surface area contributed by atoms with Gasteiger partial charge in [-0.15, -0.1) is 0 Å². The molecule has 1 heterocycles. The van der Waals surface area contributed by atoms with Crippen LogP contribution < -0.4 is 4.90 Å². The largest absolute Gasteiger partial charge is 0.368 e. The zero-order valence-corrected chi connectivity index (χ0v) is 14.0. The SMILES string of the molecule is Cc1c(Cl)cccc1N1CCN(C(=O)c2ccc(F)c(F)c2)CC1. The molecule has 126 valence electrons. The molecule has 1 saturated heterocycles. The fourth-order valence-corrected chi connectivity index (χ4v) is 3.07. The fraction of sp³-hybridized carbons (Fsp3) is 0.278. The van der Waals surface area contributed by atoms with Gasteiger partial charge in [-0.05, 0) is 42.8 Å². The van der Waals surface area contributed by atoms with E-state index in [2.05, 4.69) is 4.90 Å². The zero-order valence-electron chi connectivity index (χ0n) is 13.2. The first-order chi connectivity index (χ1) is 11.5. The van der Waals surface area contributed by atoms with Gasteiger partial charge in [0.1, 0.15) is 0 Å². The Morgan fingerprint density at radius 3 is 2.42 bits per heavy atom. The maximum absolute atomic E-state index is 13.3. The van der Waals surface area contributed by atoms with Crippen molar-refractivity contribution < 1.29 is 13.6 Å². The highest BCUT2D eigenvalue weighted by Crippen LogP contribution is 2.27. The van der Waals surface area contributed by atoms with Crippen LogP contribution >= 0.6 is 11.6 Å². The minimum atomic E-state index is -1.01. The molecule has 0 spiro atoms. The fourth-order valence-electron chi connectivity index (χ4n) is 2.90. The van der Waals surface area contributed by atoms with Gasteiger partial charge in [-0.3, -0.25) is 4.79 Å². The van der Waals surface area contributed by atoms with E-state index in [1.165, 1.54) is 6.07 Å². The number of carbonyl (C=O) groups is 1. The van der Waals surface area contributed by atoms with Gasteiger partial charge in [0.05, 0.1) is 0 Å².